The molecule has 0 spiro atoms. The molecule has 0 amide bonds. The molecule has 0 aromatic heterocycles. The van der Waals surface area contributed by atoms with Crippen LogP contribution in [0.3, 0.4) is 0 Å². The molecule has 1 aromatic carbocycles. The number of aryl methyl sites for hydroxylation is 1. The van der Waals surface area contributed by atoms with E-state index in [1.165, 1.54) is 7.11 Å². The van der Waals surface area contributed by atoms with Crippen molar-refractivity contribution in [2.45, 2.75) is 18.8 Å². The number of carbonyl (C=O) groups is 2. The molecule has 15 heavy (non-hydrogen) atoms. The Morgan fingerprint density at radius 3 is 3.00 bits per heavy atom. The molecule has 0 N–H and O–H groups in total. The number of aldehydes is 1. The summed E-state index contributed by atoms with van der Waals surface area (Å²) in [5.41, 5.74) is 2.70. The Balaban J connectivity index is 2.37. The molecule has 0 saturated carbocycles. The Labute approximate surface area is 88.1 Å². The van der Waals surface area contributed by atoms with Gasteiger partial charge in [-0.3, -0.25) is 0 Å². The minimum absolute atomic E-state index is 0.00620. The van der Waals surface area contributed by atoms with Crippen LogP contribution in [-0.2, 0) is 16.0 Å². The lowest BCUT2D eigenvalue weighted by atomic mass is 10.0. The molecule has 0 bridgehead atoms. The second kappa shape index (κ2) is 3.85. The monoisotopic (exact) mass is 204 g/mol. The molecule has 3 heteroatoms. The van der Waals surface area contributed by atoms with Crippen LogP contribution < -0.4 is 0 Å². The van der Waals surface area contributed by atoms with Gasteiger partial charge >= 0.3 is 5.97 Å². The molecule has 0 aliphatic heterocycles. The zero-order valence-corrected chi connectivity index (χ0v) is 8.53. The number of carbonyl (C=O) groups excluding carboxylic acids is 2. The van der Waals surface area contributed by atoms with E-state index in [2.05, 4.69) is 4.74 Å². The van der Waals surface area contributed by atoms with Gasteiger partial charge in [-0.25, -0.2) is 4.79 Å². The van der Waals surface area contributed by atoms with Crippen molar-refractivity contribution >= 4 is 12.3 Å². The van der Waals surface area contributed by atoms with E-state index in [9.17, 15) is 9.59 Å². The van der Waals surface area contributed by atoms with Crippen LogP contribution in [0.25, 0.3) is 0 Å². The van der Waals surface area contributed by atoms with E-state index < -0.39 is 0 Å². The topological polar surface area (TPSA) is 43.4 Å². The number of esters is 1. The lowest BCUT2D eigenvalue weighted by molar-refractivity contribution is -0.109. The van der Waals surface area contributed by atoms with Gasteiger partial charge in [0.2, 0.25) is 0 Å². The molecule has 0 saturated heterocycles. The summed E-state index contributed by atoms with van der Waals surface area (Å²) in [7, 11) is 1.36. The first kappa shape index (κ1) is 9.90. The average molecular weight is 204 g/mol. The van der Waals surface area contributed by atoms with Gasteiger partial charge in [0.25, 0.3) is 0 Å². The molecule has 1 unspecified atom stereocenters. The molecule has 2 rings (SSSR count). The number of hydrogen-bond acceptors (Lipinski definition) is 3. The molecular weight excluding hydrogens is 192 g/mol. The van der Waals surface area contributed by atoms with Gasteiger partial charge in [-0.2, -0.15) is 0 Å². The van der Waals surface area contributed by atoms with Crippen molar-refractivity contribution in [2.24, 2.45) is 0 Å². The Hall–Kier alpha value is -1.64. The van der Waals surface area contributed by atoms with Crippen LogP contribution in [0, 0.1) is 0 Å². The maximum atomic E-state index is 11.3. The van der Waals surface area contributed by atoms with E-state index >= 15 is 0 Å². The molecular formula is C12H12O3. The third kappa shape index (κ3) is 1.65. The van der Waals surface area contributed by atoms with Gasteiger partial charge in [0.15, 0.2) is 0 Å². The van der Waals surface area contributed by atoms with Crippen LogP contribution in [0.1, 0.15) is 33.8 Å². The first-order valence-electron chi connectivity index (χ1n) is 4.92. The fourth-order valence-electron chi connectivity index (χ4n) is 2.04. The molecule has 1 aliphatic carbocycles. The summed E-state index contributed by atoms with van der Waals surface area (Å²) in [6.07, 6.45) is 2.69. The van der Waals surface area contributed by atoms with E-state index in [4.69, 9.17) is 0 Å². The third-order valence-corrected chi connectivity index (χ3v) is 2.85. The fraction of sp³-hybridized carbons (Fsp3) is 0.333. The quantitative estimate of drug-likeness (QED) is 0.544. The van der Waals surface area contributed by atoms with E-state index in [1.54, 1.807) is 6.07 Å². The van der Waals surface area contributed by atoms with Crippen LogP contribution in [-0.4, -0.2) is 19.4 Å². The second-order valence-corrected chi connectivity index (χ2v) is 3.69. The molecule has 78 valence electrons. The minimum Gasteiger partial charge on any atom is -0.465 e. The Kier molecular flexibility index (Phi) is 2.54. The van der Waals surface area contributed by atoms with Gasteiger partial charge < -0.3 is 9.53 Å². The van der Waals surface area contributed by atoms with Crippen LogP contribution in [0.4, 0.5) is 0 Å². The van der Waals surface area contributed by atoms with Crippen LogP contribution in [0.15, 0.2) is 18.2 Å². The number of ether oxygens (including phenoxy) is 1. The highest BCUT2D eigenvalue weighted by Gasteiger charge is 2.22. The summed E-state index contributed by atoms with van der Waals surface area (Å²) >= 11 is 0. The highest BCUT2D eigenvalue weighted by atomic mass is 16.5. The molecule has 1 atom stereocenters. The van der Waals surface area contributed by atoms with Crippen LogP contribution >= 0.6 is 0 Å². The zero-order valence-electron chi connectivity index (χ0n) is 8.53. The van der Waals surface area contributed by atoms with Gasteiger partial charge in [-0.05, 0) is 36.1 Å². The second-order valence-electron chi connectivity index (χ2n) is 3.69. The first-order valence-corrected chi connectivity index (χ1v) is 4.92. The molecule has 1 aromatic rings. The highest BCUT2D eigenvalue weighted by molar-refractivity contribution is 5.89. The summed E-state index contributed by atoms with van der Waals surface area (Å²) in [5, 5.41) is 0. The molecule has 3 nitrogen and oxygen atoms in total. The van der Waals surface area contributed by atoms with Gasteiger partial charge in [0, 0.05) is 5.92 Å². The van der Waals surface area contributed by atoms with Crippen molar-refractivity contribution in [1.82, 2.24) is 0 Å². The molecule has 0 heterocycles. The van der Waals surface area contributed by atoms with Crippen molar-refractivity contribution in [1.29, 1.82) is 0 Å². The first-order chi connectivity index (χ1) is 7.26. The van der Waals surface area contributed by atoms with Gasteiger partial charge in [0.1, 0.15) is 6.29 Å². The van der Waals surface area contributed by atoms with E-state index in [0.29, 0.717) is 5.56 Å². The Bertz CT molecular complexity index is 409. The minimum atomic E-state index is -0.327. The normalized spacial score (nSPS) is 18.3. The van der Waals surface area contributed by atoms with Crippen LogP contribution in [0.5, 0.6) is 0 Å². The van der Waals surface area contributed by atoms with Gasteiger partial charge in [0.05, 0.1) is 12.7 Å². The van der Waals surface area contributed by atoms with Crippen LogP contribution in [0.2, 0.25) is 0 Å². The predicted molar refractivity (Wildman–Crippen MR) is 54.9 cm³/mol. The summed E-state index contributed by atoms with van der Waals surface area (Å²) in [5.74, 6) is -0.320. The van der Waals surface area contributed by atoms with Gasteiger partial charge in [-0.1, -0.05) is 6.07 Å². The average Bonchev–Trinajstić information content (AvgIpc) is 2.69. The smallest absolute Gasteiger partial charge is 0.337 e. The summed E-state index contributed by atoms with van der Waals surface area (Å²) in [4.78, 5) is 22.0. The number of benzene rings is 1. The summed E-state index contributed by atoms with van der Waals surface area (Å²) in [6.45, 7) is 0. The van der Waals surface area contributed by atoms with Crippen molar-refractivity contribution in [3.8, 4) is 0 Å². The number of rotatable bonds is 2. The summed E-state index contributed by atoms with van der Waals surface area (Å²) < 4.78 is 4.64. The number of hydrogen-bond donors (Lipinski definition) is 0. The standard InChI is InChI=1S/C12H12O3/c1-15-12(14)9-4-5-11-8(6-9)2-3-10(11)7-13/h4-7,10H,2-3H2,1H3. The number of fused-ring (bicyclic) bond motifs is 1. The summed E-state index contributed by atoms with van der Waals surface area (Å²) in [6, 6.07) is 5.39. The Morgan fingerprint density at radius 2 is 2.33 bits per heavy atom. The maximum absolute atomic E-state index is 11.3. The molecule has 0 radical (unpaired) electrons. The van der Waals surface area contributed by atoms with Crippen molar-refractivity contribution in [2.75, 3.05) is 7.11 Å². The zero-order chi connectivity index (χ0) is 10.8. The molecule has 0 fully saturated rings. The lowest BCUT2D eigenvalue weighted by Crippen LogP contribution is -2.02. The SMILES string of the molecule is COC(=O)c1ccc2c(c1)CCC2C=O. The fourth-order valence-corrected chi connectivity index (χ4v) is 2.04. The van der Waals surface area contributed by atoms with E-state index in [0.717, 1.165) is 30.3 Å². The van der Waals surface area contributed by atoms with E-state index in [1.807, 2.05) is 12.1 Å². The van der Waals surface area contributed by atoms with Crippen molar-refractivity contribution in [3.05, 3.63) is 34.9 Å². The van der Waals surface area contributed by atoms with E-state index in [-0.39, 0.29) is 11.9 Å². The highest BCUT2D eigenvalue weighted by Crippen LogP contribution is 2.32. The predicted octanol–water partition coefficient (Wildman–Crippen LogP) is 1.70. The lowest BCUT2D eigenvalue weighted by Gasteiger charge is -2.04. The molecule has 1 aliphatic rings. The third-order valence-electron chi connectivity index (χ3n) is 2.85. The maximum Gasteiger partial charge on any atom is 0.337 e. The Morgan fingerprint density at radius 1 is 1.53 bits per heavy atom. The van der Waals surface area contributed by atoms with Crippen molar-refractivity contribution in [3.63, 3.8) is 0 Å². The largest absolute Gasteiger partial charge is 0.465 e. The van der Waals surface area contributed by atoms with Crippen molar-refractivity contribution < 1.29 is 14.3 Å². The van der Waals surface area contributed by atoms with Gasteiger partial charge in [-0.15, -0.1) is 0 Å². The number of methoxy groups -OCH3 is 1.